The van der Waals surface area contributed by atoms with Gasteiger partial charge in [0, 0.05) is 31.2 Å². The van der Waals surface area contributed by atoms with Crippen LogP contribution in [-0.4, -0.2) is 54.1 Å². The van der Waals surface area contributed by atoms with Crippen molar-refractivity contribution in [2.75, 3.05) is 43.4 Å². The predicted molar refractivity (Wildman–Crippen MR) is 89.2 cm³/mol. The van der Waals surface area contributed by atoms with Crippen LogP contribution in [0.3, 0.4) is 0 Å². The van der Waals surface area contributed by atoms with Crippen LogP contribution in [0.2, 0.25) is 0 Å². The maximum atomic E-state index is 4.64. The molecule has 0 bridgehead atoms. The van der Waals surface area contributed by atoms with Crippen molar-refractivity contribution in [3.8, 4) is 0 Å². The number of likely N-dealkylation sites (N-methyl/N-ethyl adjacent to an activating group) is 1. The van der Waals surface area contributed by atoms with Crippen LogP contribution in [0, 0.1) is 0 Å². The number of hydrogen-bond acceptors (Lipinski definition) is 5. The lowest BCUT2D eigenvalue weighted by atomic mass is 10.0. The molecule has 2 rings (SSSR count). The molecule has 0 amide bonds. The normalized spacial score (nSPS) is 20.7. The third kappa shape index (κ3) is 3.64. The van der Waals surface area contributed by atoms with Crippen molar-refractivity contribution in [1.82, 2.24) is 14.9 Å². The van der Waals surface area contributed by atoms with Crippen molar-refractivity contribution in [2.24, 2.45) is 0 Å². The van der Waals surface area contributed by atoms with Crippen molar-refractivity contribution >= 4 is 11.6 Å². The van der Waals surface area contributed by atoms with Crippen LogP contribution in [0.5, 0.6) is 0 Å². The van der Waals surface area contributed by atoms with Crippen molar-refractivity contribution in [3.05, 3.63) is 11.9 Å². The van der Waals surface area contributed by atoms with Gasteiger partial charge in [-0.3, -0.25) is 0 Å². The van der Waals surface area contributed by atoms with Crippen molar-refractivity contribution < 1.29 is 0 Å². The Kier molecular flexibility index (Phi) is 5.39. The van der Waals surface area contributed by atoms with E-state index in [1.807, 2.05) is 0 Å². The summed E-state index contributed by atoms with van der Waals surface area (Å²) in [5.41, 5.74) is 1.25. The zero-order chi connectivity index (χ0) is 15.4. The van der Waals surface area contributed by atoms with Gasteiger partial charge in [-0.2, -0.15) is 0 Å². The first-order chi connectivity index (χ1) is 10.0. The minimum atomic E-state index is 0.406. The van der Waals surface area contributed by atoms with E-state index in [0.717, 1.165) is 37.8 Å². The highest BCUT2D eigenvalue weighted by Crippen LogP contribution is 2.32. The first kappa shape index (κ1) is 16.0. The van der Waals surface area contributed by atoms with E-state index in [9.17, 15) is 0 Å². The average molecular weight is 291 g/mol. The molecule has 1 unspecified atom stereocenters. The van der Waals surface area contributed by atoms with Gasteiger partial charge in [0.25, 0.3) is 0 Å². The Morgan fingerprint density at radius 2 is 2.10 bits per heavy atom. The Labute approximate surface area is 128 Å². The molecule has 0 aliphatic carbocycles. The minimum absolute atomic E-state index is 0.406. The second-order valence-corrected chi connectivity index (χ2v) is 6.30. The van der Waals surface area contributed by atoms with Gasteiger partial charge in [-0.15, -0.1) is 0 Å². The summed E-state index contributed by atoms with van der Waals surface area (Å²) in [6.07, 6.45) is 2.87. The molecule has 0 aromatic carbocycles. The molecule has 0 saturated carbocycles. The fraction of sp³-hybridized carbons (Fsp3) is 0.750. The summed E-state index contributed by atoms with van der Waals surface area (Å²) in [6, 6.07) is 0.472. The van der Waals surface area contributed by atoms with E-state index in [1.54, 1.807) is 6.33 Å². The molecule has 1 aliphatic rings. The molecule has 1 saturated heterocycles. The predicted octanol–water partition coefficient (Wildman–Crippen LogP) is 2.56. The van der Waals surface area contributed by atoms with Crippen molar-refractivity contribution in [1.29, 1.82) is 0 Å². The number of rotatable bonds is 4. The molecule has 1 aromatic rings. The Morgan fingerprint density at radius 1 is 1.33 bits per heavy atom. The lowest BCUT2D eigenvalue weighted by Crippen LogP contribution is -2.39. The van der Waals surface area contributed by atoms with Gasteiger partial charge in [-0.1, -0.05) is 13.8 Å². The van der Waals surface area contributed by atoms with Gasteiger partial charge in [0.1, 0.15) is 18.0 Å². The van der Waals surface area contributed by atoms with E-state index in [1.165, 1.54) is 12.0 Å². The lowest BCUT2D eigenvalue weighted by molar-refractivity contribution is 0.337. The molecule has 21 heavy (non-hydrogen) atoms. The molecule has 5 heteroatoms. The molecule has 1 fully saturated rings. The summed E-state index contributed by atoms with van der Waals surface area (Å²) in [6.45, 7) is 13.0. The number of nitrogens with zero attached hydrogens (tertiary/aromatic N) is 4. The maximum absolute atomic E-state index is 4.64. The van der Waals surface area contributed by atoms with Gasteiger partial charge in [-0.25, -0.2) is 9.97 Å². The number of nitrogens with one attached hydrogen (secondary N) is 1. The fourth-order valence-electron chi connectivity index (χ4n) is 3.14. The Morgan fingerprint density at radius 3 is 2.76 bits per heavy atom. The van der Waals surface area contributed by atoms with E-state index in [2.05, 4.69) is 59.8 Å². The topological polar surface area (TPSA) is 44.3 Å². The first-order valence-corrected chi connectivity index (χ1v) is 8.08. The summed E-state index contributed by atoms with van der Waals surface area (Å²) in [7, 11) is 2.20. The van der Waals surface area contributed by atoms with Crippen LogP contribution in [0.15, 0.2) is 6.33 Å². The Hall–Kier alpha value is -1.36. The molecule has 5 nitrogen and oxygen atoms in total. The first-order valence-electron chi connectivity index (χ1n) is 8.08. The molecule has 1 N–H and O–H groups in total. The summed E-state index contributed by atoms with van der Waals surface area (Å²) < 4.78 is 0. The second kappa shape index (κ2) is 7.07. The average Bonchev–Trinajstić information content (AvgIpc) is 2.59. The van der Waals surface area contributed by atoms with Crippen molar-refractivity contribution in [3.63, 3.8) is 0 Å². The van der Waals surface area contributed by atoms with Crippen LogP contribution in [0.25, 0.3) is 0 Å². The van der Waals surface area contributed by atoms with Gasteiger partial charge in [-0.05, 0) is 39.8 Å². The summed E-state index contributed by atoms with van der Waals surface area (Å²) >= 11 is 0. The highest BCUT2D eigenvalue weighted by atomic mass is 15.3. The largest absolute Gasteiger partial charge is 0.370 e. The number of hydrogen-bond donors (Lipinski definition) is 1. The van der Waals surface area contributed by atoms with Gasteiger partial charge in [0.2, 0.25) is 0 Å². The molecule has 1 aliphatic heterocycles. The van der Waals surface area contributed by atoms with Crippen LogP contribution in [0.4, 0.5) is 11.6 Å². The molecule has 0 radical (unpaired) electrons. The summed E-state index contributed by atoms with van der Waals surface area (Å²) in [5.74, 6) is 2.50. The zero-order valence-electron chi connectivity index (χ0n) is 14.1. The van der Waals surface area contributed by atoms with E-state index in [0.29, 0.717) is 12.0 Å². The van der Waals surface area contributed by atoms with E-state index < -0.39 is 0 Å². The number of anilines is 2. The SMILES string of the molecule is CCNc1ncnc(N2CCCN(C)CC2C)c1C(C)C. The molecule has 2 heterocycles. The van der Waals surface area contributed by atoms with Gasteiger partial charge < -0.3 is 15.1 Å². The Balaban J connectivity index is 2.39. The monoisotopic (exact) mass is 291 g/mol. The van der Waals surface area contributed by atoms with E-state index in [4.69, 9.17) is 0 Å². The quantitative estimate of drug-likeness (QED) is 0.923. The second-order valence-electron chi connectivity index (χ2n) is 6.30. The number of aromatic nitrogens is 2. The summed E-state index contributed by atoms with van der Waals surface area (Å²) in [4.78, 5) is 14.0. The molecule has 1 aromatic heterocycles. The lowest BCUT2D eigenvalue weighted by Gasteiger charge is -2.32. The third-order valence-corrected chi connectivity index (χ3v) is 4.10. The smallest absolute Gasteiger partial charge is 0.137 e. The minimum Gasteiger partial charge on any atom is -0.370 e. The van der Waals surface area contributed by atoms with E-state index >= 15 is 0 Å². The molecule has 1 atom stereocenters. The fourth-order valence-corrected chi connectivity index (χ4v) is 3.14. The molecular formula is C16H29N5. The van der Waals surface area contributed by atoms with Crippen LogP contribution in [-0.2, 0) is 0 Å². The van der Waals surface area contributed by atoms with Crippen LogP contribution < -0.4 is 10.2 Å². The Bertz CT molecular complexity index is 460. The van der Waals surface area contributed by atoms with Gasteiger partial charge in [0.05, 0.1) is 0 Å². The van der Waals surface area contributed by atoms with E-state index in [-0.39, 0.29) is 0 Å². The van der Waals surface area contributed by atoms with Gasteiger partial charge >= 0.3 is 0 Å². The highest BCUT2D eigenvalue weighted by molar-refractivity contribution is 5.60. The maximum Gasteiger partial charge on any atom is 0.137 e. The van der Waals surface area contributed by atoms with Crippen LogP contribution >= 0.6 is 0 Å². The molecule has 0 spiro atoms. The standard InChI is InChI=1S/C16H29N5/c1-6-17-15-14(12(2)3)16(19-11-18-15)21-9-7-8-20(5)10-13(21)4/h11-13H,6-10H2,1-5H3,(H,17,18,19). The van der Waals surface area contributed by atoms with Crippen molar-refractivity contribution in [2.45, 2.75) is 46.1 Å². The molecule has 118 valence electrons. The zero-order valence-corrected chi connectivity index (χ0v) is 14.1. The summed E-state index contributed by atoms with van der Waals surface area (Å²) in [5, 5.41) is 3.39. The third-order valence-electron chi connectivity index (χ3n) is 4.10. The molecular weight excluding hydrogens is 262 g/mol. The van der Waals surface area contributed by atoms with Crippen LogP contribution in [0.1, 0.15) is 45.6 Å². The van der Waals surface area contributed by atoms with Gasteiger partial charge in [0.15, 0.2) is 0 Å². The highest BCUT2D eigenvalue weighted by Gasteiger charge is 2.25.